The average Bonchev–Trinajstić information content (AvgIpc) is 3.27. The first kappa shape index (κ1) is 23.4. The summed E-state index contributed by atoms with van der Waals surface area (Å²) in [5, 5.41) is 9.45. The Labute approximate surface area is 189 Å². The van der Waals surface area contributed by atoms with Gasteiger partial charge in [0.05, 0.1) is 5.01 Å². The van der Waals surface area contributed by atoms with Crippen LogP contribution in [-0.4, -0.2) is 36.4 Å². The molecule has 0 bridgehead atoms. The predicted octanol–water partition coefficient (Wildman–Crippen LogP) is 4.16. The second-order valence-corrected chi connectivity index (χ2v) is 9.34. The average molecular weight is 443 g/mol. The molecule has 2 aromatic rings. The van der Waals surface area contributed by atoms with E-state index in [1.165, 1.54) is 12.8 Å². The van der Waals surface area contributed by atoms with E-state index in [1.54, 1.807) is 17.5 Å². The van der Waals surface area contributed by atoms with Gasteiger partial charge >= 0.3 is 0 Å². The van der Waals surface area contributed by atoms with Gasteiger partial charge in [-0.05, 0) is 43.1 Å². The van der Waals surface area contributed by atoms with E-state index in [4.69, 9.17) is 0 Å². The molecule has 1 aliphatic rings. The molecule has 0 atom stereocenters. The Morgan fingerprint density at radius 2 is 2.00 bits per heavy atom. The lowest BCUT2D eigenvalue weighted by molar-refractivity contribution is -0.121. The summed E-state index contributed by atoms with van der Waals surface area (Å²) in [4.78, 5) is 31.9. The van der Waals surface area contributed by atoms with Crippen LogP contribution in [-0.2, 0) is 17.8 Å². The summed E-state index contributed by atoms with van der Waals surface area (Å²) in [7, 11) is 0. The Morgan fingerprint density at radius 3 is 2.77 bits per heavy atom. The molecule has 0 fully saturated rings. The van der Waals surface area contributed by atoms with E-state index in [0.29, 0.717) is 18.7 Å². The molecule has 31 heavy (non-hydrogen) atoms. The van der Waals surface area contributed by atoms with Crippen molar-refractivity contribution in [3.8, 4) is 0 Å². The van der Waals surface area contributed by atoms with Gasteiger partial charge in [0.25, 0.3) is 5.91 Å². The molecular formula is C24H34N4O2S. The van der Waals surface area contributed by atoms with E-state index in [0.717, 1.165) is 55.0 Å². The number of nitrogens with one attached hydrogen (secondary N) is 2. The number of fused-ring (bicyclic) bond motifs is 1. The fraction of sp³-hybridized carbons (Fsp3) is 0.542. The van der Waals surface area contributed by atoms with Crippen LogP contribution < -0.4 is 15.5 Å². The van der Waals surface area contributed by atoms with E-state index in [2.05, 4.69) is 15.6 Å². The number of nitrogens with zero attached hydrogens (tertiary/aromatic N) is 2. The van der Waals surface area contributed by atoms with Crippen molar-refractivity contribution in [1.82, 2.24) is 15.6 Å². The van der Waals surface area contributed by atoms with E-state index < -0.39 is 0 Å². The van der Waals surface area contributed by atoms with Gasteiger partial charge in [0, 0.05) is 54.8 Å². The number of benzene rings is 1. The fourth-order valence-corrected chi connectivity index (χ4v) is 4.45. The quantitative estimate of drug-likeness (QED) is 0.729. The number of carbonyl (C=O) groups is 2. The van der Waals surface area contributed by atoms with E-state index in [-0.39, 0.29) is 17.7 Å². The van der Waals surface area contributed by atoms with Crippen molar-refractivity contribution in [3.05, 3.63) is 45.9 Å². The number of hydrogen-bond donors (Lipinski definition) is 2. The second-order valence-electron chi connectivity index (χ2n) is 8.36. The Hall–Kier alpha value is -2.25. The zero-order chi connectivity index (χ0) is 22.1. The summed E-state index contributed by atoms with van der Waals surface area (Å²) in [6, 6.07) is 5.72. The molecular weight excluding hydrogens is 408 g/mol. The van der Waals surface area contributed by atoms with E-state index in [1.807, 2.05) is 42.3 Å². The molecule has 0 unspecified atom stereocenters. The Balaban J connectivity index is 1.78. The van der Waals surface area contributed by atoms with Gasteiger partial charge in [-0.2, -0.15) is 0 Å². The van der Waals surface area contributed by atoms with Crippen LogP contribution in [0.1, 0.15) is 66.9 Å². The number of rotatable bonds is 5. The maximum absolute atomic E-state index is 13.0. The molecule has 2 heterocycles. The van der Waals surface area contributed by atoms with Gasteiger partial charge in [0.2, 0.25) is 5.91 Å². The topological polar surface area (TPSA) is 74.3 Å². The highest BCUT2D eigenvalue weighted by molar-refractivity contribution is 7.09. The summed E-state index contributed by atoms with van der Waals surface area (Å²) in [5.41, 5.74) is 2.55. The normalized spacial score (nSPS) is 15.6. The minimum atomic E-state index is -0.0905. The molecule has 7 heteroatoms. The molecule has 168 valence electrons. The largest absolute Gasteiger partial charge is 0.352 e. The third-order valence-electron chi connectivity index (χ3n) is 5.55. The molecule has 1 aromatic carbocycles. The van der Waals surface area contributed by atoms with Gasteiger partial charge < -0.3 is 15.5 Å². The van der Waals surface area contributed by atoms with Crippen LogP contribution in [0.15, 0.2) is 29.8 Å². The number of thiazole rings is 1. The van der Waals surface area contributed by atoms with Crippen molar-refractivity contribution in [1.29, 1.82) is 0 Å². The van der Waals surface area contributed by atoms with Crippen molar-refractivity contribution >= 4 is 28.8 Å². The predicted molar refractivity (Wildman–Crippen MR) is 127 cm³/mol. The number of carbonyl (C=O) groups excluding carboxylic acids is 2. The van der Waals surface area contributed by atoms with Crippen molar-refractivity contribution in [3.63, 3.8) is 0 Å². The van der Waals surface area contributed by atoms with Crippen LogP contribution in [0.2, 0.25) is 0 Å². The molecule has 2 N–H and O–H groups in total. The molecule has 3 rings (SSSR count). The molecule has 2 amide bonds. The van der Waals surface area contributed by atoms with Crippen LogP contribution >= 0.6 is 11.3 Å². The van der Waals surface area contributed by atoms with Crippen LogP contribution in [0.4, 0.5) is 5.69 Å². The minimum absolute atomic E-state index is 0.0671. The maximum Gasteiger partial charge on any atom is 0.251 e. The summed E-state index contributed by atoms with van der Waals surface area (Å²) in [6.45, 7) is 6.77. The maximum atomic E-state index is 13.0. The van der Waals surface area contributed by atoms with E-state index >= 15 is 0 Å². The van der Waals surface area contributed by atoms with Gasteiger partial charge in [-0.25, -0.2) is 4.98 Å². The van der Waals surface area contributed by atoms with Crippen molar-refractivity contribution in [2.75, 3.05) is 24.5 Å². The molecule has 0 saturated carbocycles. The zero-order valence-electron chi connectivity index (χ0n) is 18.7. The summed E-state index contributed by atoms with van der Waals surface area (Å²) in [5.74, 6) is -0.0197. The van der Waals surface area contributed by atoms with Crippen molar-refractivity contribution in [2.24, 2.45) is 5.92 Å². The highest BCUT2D eigenvalue weighted by Gasteiger charge is 2.22. The molecule has 0 radical (unpaired) electrons. The molecule has 1 aliphatic heterocycles. The van der Waals surface area contributed by atoms with Gasteiger partial charge in [0.15, 0.2) is 0 Å². The molecule has 0 spiro atoms. The van der Waals surface area contributed by atoms with Gasteiger partial charge in [-0.3, -0.25) is 9.59 Å². The first-order valence-electron chi connectivity index (χ1n) is 11.4. The summed E-state index contributed by atoms with van der Waals surface area (Å²) >= 11 is 1.60. The van der Waals surface area contributed by atoms with Crippen LogP contribution in [0, 0.1) is 5.92 Å². The standard InChI is InChI=1S/C24H34N4O2S/c1-18(2)24(30)28-14-7-5-3-4-6-11-25-17-20-16-19(8-9-21(20)28)23(29)27-12-10-22-26-13-15-31-22/h8-9,13,15-16,18,25H,3-7,10-12,14,17H2,1-2H3,(H,27,29). The zero-order valence-corrected chi connectivity index (χ0v) is 19.5. The first-order chi connectivity index (χ1) is 15.1. The highest BCUT2D eigenvalue weighted by Crippen LogP contribution is 2.25. The third-order valence-corrected chi connectivity index (χ3v) is 6.39. The van der Waals surface area contributed by atoms with Crippen molar-refractivity contribution < 1.29 is 9.59 Å². The number of anilines is 1. The third kappa shape index (κ3) is 6.87. The monoisotopic (exact) mass is 442 g/mol. The lowest BCUT2D eigenvalue weighted by Crippen LogP contribution is -2.36. The lowest BCUT2D eigenvalue weighted by atomic mass is 10.0. The molecule has 0 aliphatic carbocycles. The van der Waals surface area contributed by atoms with Crippen molar-refractivity contribution in [2.45, 2.75) is 58.9 Å². The molecule has 6 nitrogen and oxygen atoms in total. The fourth-order valence-electron chi connectivity index (χ4n) is 3.83. The first-order valence-corrected chi connectivity index (χ1v) is 12.3. The SMILES string of the molecule is CC(C)C(=O)N1CCCCCCCNCc2cc(C(=O)NCCc3nccs3)ccc21. The Kier molecular flexibility index (Phi) is 9.03. The van der Waals surface area contributed by atoms with Crippen LogP contribution in [0.3, 0.4) is 0 Å². The minimum Gasteiger partial charge on any atom is -0.352 e. The van der Waals surface area contributed by atoms with Gasteiger partial charge in [-0.15, -0.1) is 11.3 Å². The van der Waals surface area contributed by atoms with Crippen LogP contribution in [0.25, 0.3) is 0 Å². The number of aromatic nitrogens is 1. The summed E-state index contributed by atoms with van der Waals surface area (Å²) < 4.78 is 0. The Bertz CT molecular complexity index is 851. The molecule has 1 aromatic heterocycles. The van der Waals surface area contributed by atoms with Gasteiger partial charge in [-0.1, -0.05) is 33.1 Å². The summed E-state index contributed by atoms with van der Waals surface area (Å²) in [6.07, 6.45) is 8.22. The Morgan fingerprint density at radius 1 is 1.19 bits per heavy atom. The van der Waals surface area contributed by atoms with Gasteiger partial charge in [0.1, 0.15) is 0 Å². The number of amides is 2. The molecule has 0 saturated heterocycles. The second kappa shape index (κ2) is 12.0. The lowest BCUT2D eigenvalue weighted by Gasteiger charge is -2.28. The highest BCUT2D eigenvalue weighted by atomic mass is 32.1. The number of hydrogen-bond acceptors (Lipinski definition) is 5. The van der Waals surface area contributed by atoms with E-state index in [9.17, 15) is 9.59 Å². The van der Waals surface area contributed by atoms with Crippen LogP contribution in [0.5, 0.6) is 0 Å². The smallest absolute Gasteiger partial charge is 0.251 e.